The third kappa shape index (κ3) is 4.88. The number of aromatic nitrogens is 1. The molecule has 39 heavy (non-hydrogen) atoms. The van der Waals surface area contributed by atoms with E-state index in [2.05, 4.69) is 27.5 Å². The number of hydrogen-bond acceptors (Lipinski definition) is 5. The number of aliphatic hydroxyl groups is 1. The van der Waals surface area contributed by atoms with Gasteiger partial charge in [0.2, 0.25) is 0 Å². The third-order valence-corrected chi connectivity index (χ3v) is 10.5. The van der Waals surface area contributed by atoms with E-state index in [1.165, 1.54) is 38.9 Å². The van der Waals surface area contributed by atoms with Gasteiger partial charge >= 0.3 is 0 Å². The van der Waals surface area contributed by atoms with Crippen LogP contribution in [0.2, 0.25) is 0 Å². The SMILES string of the molecule is C/C=c1/c(C2CCCCC2)c2n(/c1=C/C(C)C(O)NS(=O)(=O)N(C)C)C[C@@]1(C=O)C[C@H]1c1cc(OC)ccc1-2. The fourth-order valence-corrected chi connectivity index (χ4v) is 7.40. The van der Waals surface area contributed by atoms with Crippen molar-refractivity contribution >= 4 is 28.6 Å². The number of carbonyl (C=O) groups is 1. The molecule has 1 aliphatic heterocycles. The first kappa shape index (κ1) is 28.1. The van der Waals surface area contributed by atoms with Crippen LogP contribution >= 0.6 is 0 Å². The highest BCUT2D eigenvalue weighted by molar-refractivity contribution is 7.87. The van der Waals surface area contributed by atoms with Crippen molar-refractivity contribution < 1.29 is 23.1 Å². The van der Waals surface area contributed by atoms with Gasteiger partial charge in [-0.05, 0) is 72.6 Å². The lowest BCUT2D eigenvalue weighted by atomic mass is 9.81. The molecule has 2 aliphatic carbocycles. The Kier molecular flexibility index (Phi) is 7.56. The van der Waals surface area contributed by atoms with Gasteiger partial charge in [0.05, 0.1) is 18.2 Å². The summed E-state index contributed by atoms with van der Waals surface area (Å²) in [5, 5.41) is 12.9. The molecule has 212 valence electrons. The number of fused-ring (bicyclic) bond motifs is 5. The van der Waals surface area contributed by atoms with Crippen LogP contribution in [0, 0.1) is 11.3 Å². The summed E-state index contributed by atoms with van der Waals surface area (Å²) in [7, 11) is 0.712. The smallest absolute Gasteiger partial charge is 0.281 e. The van der Waals surface area contributed by atoms with Gasteiger partial charge in [-0.15, -0.1) is 0 Å². The summed E-state index contributed by atoms with van der Waals surface area (Å²) in [4.78, 5) is 12.6. The topological polar surface area (TPSA) is 101 Å². The number of carbonyl (C=O) groups excluding carboxylic acids is 1. The summed E-state index contributed by atoms with van der Waals surface area (Å²) in [6.07, 6.45) is 10.6. The highest BCUT2D eigenvalue weighted by atomic mass is 32.2. The lowest BCUT2D eigenvalue weighted by Crippen LogP contribution is -2.45. The van der Waals surface area contributed by atoms with Crippen molar-refractivity contribution in [1.82, 2.24) is 13.6 Å². The number of aldehydes is 1. The number of methoxy groups -OCH3 is 1. The maximum absolute atomic E-state index is 12.6. The first-order valence-electron chi connectivity index (χ1n) is 14.0. The Balaban J connectivity index is 1.76. The van der Waals surface area contributed by atoms with Gasteiger partial charge in [-0.2, -0.15) is 17.4 Å². The van der Waals surface area contributed by atoms with Crippen LogP contribution in [0.4, 0.5) is 0 Å². The largest absolute Gasteiger partial charge is 0.497 e. The minimum absolute atomic E-state index is 0.135. The maximum atomic E-state index is 12.6. The van der Waals surface area contributed by atoms with Crippen LogP contribution < -0.4 is 20.0 Å². The van der Waals surface area contributed by atoms with E-state index < -0.39 is 27.8 Å². The van der Waals surface area contributed by atoms with Crippen molar-refractivity contribution in [3.8, 4) is 17.0 Å². The second-order valence-corrected chi connectivity index (χ2v) is 13.6. The van der Waals surface area contributed by atoms with Gasteiger partial charge in [-0.25, -0.2) is 0 Å². The normalized spacial score (nSPS) is 25.5. The Morgan fingerprint density at radius 2 is 1.95 bits per heavy atom. The number of nitrogens with one attached hydrogen (secondary N) is 1. The fourth-order valence-electron chi connectivity index (χ4n) is 6.67. The summed E-state index contributed by atoms with van der Waals surface area (Å²) in [5.74, 6) is 0.810. The molecule has 2 unspecified atom stereocenters. The maximum Gasteiger partial charge on any atom is 0.281 e. The molecule has 2 N–H and O–H groups in total. The Hall–Kier alpha value is -2.46. The molecule has 0 saturated heterocycles. The van der Waals surface area contributed by atoms with Crippen molar-refractivity contribution in [2.45, 2.75) is 77.0 Å². The van der Waals surface area contributed by atoms with Crippen molar-refractivity contribution in [2.75, 3.05) is 21.2 Å². The molecular formula is C30H41N3O5S. The molecule has 0 radical (unpaired) electrons. The minimum Gasteiger partial charge on any atom is -0.497 e. The summed E-state index contributed by atoms with van der Waals surface area (Å²) in [6.45, 7) is 4.41. The first-order chi connectivity index (χ1) is 18.6. The molecule has 0 amide bonds. The highest BCUT2D eigenvalue weighted by Crippen LogP contribution is 2.63. The zero-order chi connectivity index (χ0) is 28.1. The molecule has 2 fully saturated rings. The standard InChI is InChI=1S/C30H41N3O5S/c1-6-22-26(14-19(2)29(35)31-39(36,37)32(3)4)33-17-30(18-34)16-25(30)24-15-21(38-5)12-13-23(24)28(33)27(22)20-10-8-7-9-11-20/h6,12-15,18-20,25,29,31,35H,7-11,16-17H2,1-5H3/b22-6+,26-14+/t19?,25-,29?,30+/m0/s1. The molecule has 2 saturated carbocycles. The fraction of sp³-hybridized carbons (Fsp3) is 0.567. The van der Waals surface area contributed by atoms with Crippen molar-refractivity contribution in [3.63, 3.8) is 0 Å². The molecule has 4 atom stereocenters. The molecule has 0 spiro atoms. The quantitative estimate of drug-likeness (QED) is 0.386. The van der Waals surface area contributed by atoms with Gasteiger partial charge in [0.1, 0.15) is 18.3 Å². The van der Waals surface area contributed by atoms with E-state index in [4.69, 9.17) is 4.74 Å². The van der Waals surface area contributed by atoms with Gasteiger partial charge < -0.3 is 19.2 Å². The van der Waals surface area contributed by atoms with Crippen LogP contribution in [0.15, 0.2) is 18.2 Å². The molecule has 9 heteroatoms. The van der Waals surface area contributed by atoms with Gasteiger partial charge in [-0.3, -0.25) is 0 Å². The second kappa shape index (κ2) is 10.5. The molecule has 2 aromatic rings. The van der Waals surface area contributed by atoms with E-state index in [-0.39, 0.29) is 5.92 Å². The zero-order valence-electron chi connectivity index (χ0n) is 23.6. The number of ether oxygens (including phenoxy) is 1. The second-order valence-electron chi connectivity index (χ2n) is 11.7. The Morgan fingerprint density at radius 1 is 1.23 bits per heavy atom. The summed E-state index contributed by atoms with van der Waals surface area (Å²) in [6, 6.07) is 6.23. The van der Waals surface area contributed by atoms with E-state index in [1.54, 1.807) is 7.11 Å². The molecular weight excluding hydrogens is 514 g/mol. The monoisotopic (exact) mass is 555 g/mol. The number of rotatable bonds is 8. The summed E-state index contributed by atoms with van der Waals surface area (Å²) >= 11 is 0. The van der Waals surface area contributed by atoms with Gasteiger partial charge in [0.25, 0.3) is 10.2 Å². The van der Waals surface area contributed by atoms with E-state index in [9.17, 15) is 18.3 Å². The van der Waals surface area contributed by atoms with Gasteiger partial charge in [0.15, 0.2) is 0 Å². The summed E-state index contributed by atoms with van der Waals surface area (Å²) in [5.41, 5.74) is 4.29. The number of nitrogens with zero attached hydrogens (tertiary/aromatic N) is 2. The average Bonchev–Trinajstić information content (AvgIpc) is 3.59. The zero-order valence-corrected chi connectivity index (χ0v) is 24.4. The Morgan fingerprint density at radius 3 is 2.56 bits per heavy atom. The van der Waals surface area contributed by atoms with Gasteiger partial charge in [-0.1, -0.05) is 38.3 Å². The summed E-state index contributed by atoms with van der Waals surface area (Å²) < 4.78 is 36.1. The lowest BCUT2D eigenvalue weighted by molar-refractivity contribution is -0.112. The minimum atomic E-state index is -3.81. The molecule has 5 rings (SSSR count). The molecule has 2 heterocycles. The van der Waals surface area contributed by atoms with Crippen LogP contribution in [-0.2, 0) is 21.5 Å². The number of hydrogen-bond donors (Lipinski definition) is 2. The molecule has 8 nitrogen and oxygen atoms in total. The third-order valence-electron chi connectivity index (χ3n) is 9.05. The van der Waals surface area contributed by atoms with Crippen LogP contribution in [0.3, 0.4) is 0 Å². The Bertz CT molecular complexity index is 1490. The van der Waals surface area contributed by atoms with E-state index in [0.29, 0.717) is 12.5 Å². The lowest BCUT2D eigenvalue weighted by Gasteiger charge is -2.24. The van der Waals surface area contributed by atoms with E-state index in [1.807, 2.05) is 26.0 Å². The van der Waals surface area contributed by atoms with Crippen LogP contribution in [0.1, 0.15) is 75.3 Å². The van der Waals surface area contributed by atoms with Crippen LogP contribution in [0.25, 0.3) is 23.4 Å². The first-order valence-corrected chi connectivity index (χ1v) is 15.4. The van der Waals surface area contributed by atoms with Crippen LogP contribution in [-0.4, -0.2) is 56.1 Å². The number of benzene rings is 1. The van der Waals surface area contributed by atoms with Crippen molar-refractivity contribution in [3.05, 3.63) is 39.9 Å². The van der Waals surface area contributed by atoms with E-state index in [0.717, 1.165) is 63.0 Å². The predicted molar refractivity (Wildman–Crippen MR) is 153 cm³/mol. The highest BCUT2D eigenvalue weighted by Gasteiger charge is 2.58. The van der Waals surface area contributed by atoms with Gasteiger partial charge in [0, 0.05) is 37.5 Å². The van der Waals surface area contributed by atoms with Crippen molar-refractivity contribution in [1.29, 1.82) is 0 Å². The van der Waals surface area contributed by atoms with E-state index >= 15 is 0 Å². The Labute approximate surface area is 231 Å². The molecule has 3 aliphatic rings. The van der Waals surface area contributed by atoms with Crippen LogP contribution in [0.5, 0.6) is 5.75 Å². The number of aliphatic hydroxyl groups excluding tert-OH is 1. The van der Waals surface area contributed by atoms with Crippen molar-refractivity contribution in [2.24, 2.45) is 11.3 Å². The molecule has 1 aromatic heterocycles. The molecule has 0 bridgehead atoms. The molecule has 1 aromatic carbocycles. The average molecular weight is 556 g/mol. The predicted octanol–water partition coefficient (Wildman–Crippen LogP) is 2.83.